The van der Waals surface area contributed by atoms with Gasteiger partial charge >= 0.3 is 0 Å². The first-order valence-electron chi connectivity index (χ1n) is 22.6. The van der Waals surface area contributed by atoms with Gasteiger partial charge in [-0.3, -0.25) is 0 Å². The predicted molar refractivity (Wildman–Crippen MR) is 286 cm³/mol. The maximum absolute atomic E-state index is 6.67. The first kappa shape index (κ1) is 38.8. The second-order valence-corrected chi connectivity index (χ2v) is 24.8. The summed E-state index contributed by atoms with van der Waals surface area (Å²) in [5.41, 5.74) is 11.1. The number of thiophene rings is 1. The van der Waals surface area contributed by atoms with Gasteiger partial charge in [0.2, 0.25) is 0 Å². The molecule has 0 unspecified atom stereocenters. The van der Waals surface area contributed by atoms with Crippen LogP contribution >= 0.6 is 11.3 Å². The van der Waals surface area contributed by atoms with Gasteiger partial charge in [0.05, 0.1) is 19.4 Å². The van der Waals surface area contributed by atoms with Gasteiger partial charge in [0.15, 0.2) is 11.2 Å². The fourth-order valence-corrected chi connectivity index (χ4v) is 12.3. The number of benzene rings is 10. The van der Waals surface area contributed by atoms with Crippen LogP contribution < -0.4 is 15.0 Å². The zero-order valence-electron chi connectivity index (χ0n) is 37.1. The predicted octanol–water partition coefficient (Wildman–Crippen LogP) is 18.0. The summed E-state index contributed by atoms with van der Waals surface area (Å²) >= 11 is 1.87. The first-order valence-corrected chi connectivity index (χ1v) is 27.0. The molecule has 3 aromatic heterocycles. The van der Waals surface area contributed by atoms with Crippen molar-refractivity contribution < 1.29 is 8.83 Å². The van der Waals surface area contributed by atoms with E-state index in [9.17, 15) is 0 Å². The molecule has 0 saturated heterocycles. The van der Waals surface area contributed by atoms with E-state index >= 15 is 0 Å². The molecule has 13 aromatic rings. The Morgan fingerprint density at radius 1 is 0.379 bits per heavy atom. The second kappa shape index (κ2) is 14.7. The van der Waals surface area contributed by atoms with Crippen molar-refractivity contribution in [1.29, 1.82) is 0 Å². The number of nitrogens with zero attached hydrogens (tertiary/aromatic N) is 2. The highest BCUT2D eigenvalue weighted by Crippen LogP contribution is 2.46. The monoisotopic (exact) mass is 884 g/mol. The fraction of sp³-hybridized carbons (Fsp3) is 0.0667. The average molecular weight is 885 g/mol. The lowest BCUT2D eigenvalue weighted by Gasteiger charge is -2.27. The summed E-state index contributed by atoms with van der Waals surface area (Å²) in [6.45, 7) is 9.34. The largest absolute Gasteiger partial charge is 0.454 e. The van der Waals surface area contributed by atoms with Crippen molar-refractivity contribution in [1.82, 2.24) is 0 Å². The normalized spacial score (nSPS) is 12.2. The summed E-state index contributed by atoms with van der Waals surface area (Å²) in [5.74, 6) is 0. The Morgan fingerprint density at radius 3 is 1.30 bits per heavy atom. The van der Waals surface area contributed by atoms with Crippen molar-refractivity contribution in [3.8, 4) is 0 Å². The molecular formula is C60H44N2O2SSi. The van der Waals surface area contributed by atoms with Crippen LogP contribution in [-0.4, -0.2) is 8.07 Å². The van der Waals surface area contributed by atoms with Gasteiger partial charge in [-0.2, -0.15) is 0 Å². The summed E-state index contributed by atoms with van der Waals surface area (Å²) in [7, 11) is -1.51. The SMILES string of the molecule is Cc1ccc(N(c2ccc3cc4sc5cc6ccc(N(c7ccc([Si](C)(C)C)cc7)c7cccc8c7oc7ccccc78)cc6cc5c4cc3c2)c2cccc3c2oc2ccccc23)cc1. The lowest BCUT2D eigenvalue weighted by molar-refractivity contribution is 0.668. The number of anilines is 6. The Hall–Kier alpha value is -7.64. The third-order valence-corrected chi connectivity index (χ3v) is 16.6. The molecule has 0 saturated carbocycles. The third-order valence-electron chi connectivity index (χ3n) is 13.4. The molecular weight excluding hydrogens is 841 g/mol. The molecule has 316 valence electrons. The molecule has 0 spiro atoms. The second-order valence-electron chi connectivity index (χ2n) is 18.7. The summed E-state index contributed by atoms with van der Waals surface area (Å²) < 4.78 is 15.9. The highest BCUT2D eigenvalue weighted by molar-refractivity contribution is 7.26. The van der Waals surface area contributed by atoms with Crippen molar-refractivity contribution in [2.75, 3.05) is 9.80 Å². The van der Waals surface area contributed by atoms with E-state index in [-0.39, 0.29) is 0 Å². The molecule has 0 aliphatic rings. The maximum Gasteiger partial charge on any atom is 0.159 e. The van der Waals surface area contributed by atoms with E-state index in [0.717, 1.165) is 78.0 Å². The van der Waals surface area contributed by atoms with E-state index in [2.05, 4.69) is 218 Å². The number of furan rings is 2. The van der Waals surface area contributed by atoms with Crippen molar-refractivity contribution in [3.05, 3.63) is 200 Å². The number of fused-ring (bicyclic) bond motifs is 11. The number of aryl methyl sites for hydroxylation is 1. The molecule has 0 atom stereocenters. The van der Waals surface area contributed by atoms with Crippen molar-refractivity contribution in [2.45, 2.75) is 26.6 Å². The molecule has 13 rings (SSSR count). The van der Waals surface area contributed by atoms with Crippen LogP contribution in [0.25, 0.3) is 85.6 Å². The zero-order valence-corrected chi connectivity index (χ0v) is 38.9. The molecule has 0 aliphatic heterocycles. The zero-order chi connectivity index (χ0) is 44.3. The molecule has 0 radical (unpaired) electrons. The summed E-state index contributed by atoms with van der Waals surface area (Å²) in [5, 5.41) is 13.2. The Labute approximate surface area is 387 Å². The number of hydrogen-bond donors (Lipinski definition) is 0. The minimum Gasteiger partial charge on any atom is -0.454 e. The summed E-state index contributed by atoms with van der Waals surface area (Å²) in [6, 6.07) is 70.9. The molecule has 6 heteroatoms. The van der Waals surface area contributed by atoms with Gasteiger partial charge in [-0.25, -0.2) is 0 Å². The standard InChI is InChI=1S/C60H44N2O2SSi/c1-37-19-23-42(24-20-37)61(53-15-9-13-49-47-11-5-7-17-55(47)63-59(49)53)44-25-21-38-35-57-51(33-40(38)31-44)52-34-41-32-45(26-22-39(41)36-58(52)65-57)62(43-27-29-46(30-28-43)66(2,3)4)54-16-10-14-50-48-12-6-8-18-56(48)64-60(50)54/h5-36H,1-4H3. The Balaban J connectivity index is 0.966. The van der Waals surface area contributed by atoms with E-state index in [0.29, 0.717) is 0 Å². The molecule has 4 nitrogen and oxygen atoms in total. The van der Waals surface area contributed by atoms with E-state index < -0.39 is 8.07 Å². The first-order chi connectivity index (χ1) is 32.2. The quantitative estimate of drug-likeness (QED) is 0.149. The van der Waals surface area contributed by atoms with Gasteiger partial charge in [-0.1, -0.05) is 127 Å². The van der Waals surface area contributed by atoms with Crippen molar-refractivity contribution in [2.24, 2.45) is 0 Å². The van der Waals surface area contributed by atoms with Gasteiger partial charge in [0.1, 0.15) is 11.2 Å². The van der Waals surface area contributed by atoms with E-state index in [4.69, 9.17) is 8.83 Å². The van der Waals surface area contributed by atoms with Crippen LogP contribution in [0.5, 0.6) is 0 Å². The van der Waals surface area contributed by atoms with Crippen LogP contribution in [0.15, 0.2) is 203 Å². The topological polar surface area (TPSA) is 32.8 Å². The highest BCUT2D eigenvalue weighted by atomic mass is 32.1. The fourth-order valence-electron chi connectivity index (χ4n) is 9.99. The maximum atomic E-state index is 6.67. The van der Waals surface area contributed by atoms with E-state index in [1.54, 1.807) is 0 Å². The van der Waals surface area contributed by atoms with Crippen molar-refractivity contribution in [3.63, 3.8) is 0 Å². The number of para-hydroxylation sites is 4. The Morgan fingerprint density at radius 2 is 0.818 bits per heavy atom. The third kappa shape index (κ3) is 6.24. The van der Waals surface area contributed by atoms with Gasteiger partial charge in [0.25, 0.3) is 0 Å². The number of rotatable bonds is 7. The van der Waals surface area contributed by atoms with Crippen LogP contribution in [0.3, 0.4) is 0 Å². The molecule has 0 amide bonds. The van der Waals surface area contributed by atoms with Gasteiger partial charge < -0.3 is 18.6 Å². The minimum atomic E-state index is -1.51. The van der Waals surface area contributed by atoms with Crippen LogP contribution in [0.4, 0.5) is 34.1 Å². The molecule has 66 heavy (non-hydrogen) atoms. The van der Waals surface area contributed by atoms with Crippen LogP contribution in [0.2, 0.25) is 19.6 Å². The van der Waals surface area contributed by atoms with Gasteiger partial charge in [0, 0.05) is 64.5 Å². The molecule has 0 N–H and O–H groups in total. The average Bonchev–Trinajstić information content (AvgIpc) is 4.02. The number of hydrogen-bond acceptors (Lipinski definition) is 5. The smallest absolute Gasteiger partial charge is 0.159 e. The van der Waals surface area contributed by atoms with E-state index in [1.807, 2.05) is 23.5 Å². The molecule has 10 aromatic carbocycles. The molecule has 0 bridgehead atoms. The summed E-state index contributed by atoms with van der Waals surface area (Å²) in [4.78, 5) is 4.71. The molecule has 3 heterocycles. The Bertz CT molecular complexity index is 4060. The molecule has 0 fully saturated rings. The van der Waals surface area contributed by atoms with Gasteiger partial charge in [-0.15, -0.1) is 11.3 Å². The van der Waals surface area contributed by atoms with E-state index in [1.165, 1.54) is 52.5 Å². The van der Waals surface area contributed by atoms with Crippen molar-refractivity contribution >= 4 is 144 Å². The lowest BCUT2D eigenvalue weighted by Crippen LogP contribution is -2.37. The minimum absolute atomic E-state index is 0.876. The summed E-state index contributed by atoms with van der Waals surface area (Å²) in [6.07, 6.45) is 0. The van der Waals surface area contributed by atoms with Crippen LogP contribution in [0.1, 0.15) is 5.56 Å². The Kier molecular flexibility index (Phi) is 8.63. The molecule has 0 aliphatic carbocycles. The highest BCUT2D eigenvalue weighted by Gasteiger charge is 2.23. The van der Waals surface area contributed by atoms with Crippen LogP contribution in [-0.2, 0) is 0 Å². The van der Waals surface area contributed by atoms with Gasteiger partial charge in [-0.05, 0) is 126 Å². The lowest BCUT2D eigenvalue weighted by atomic mass is 10.0. The van der Waals surface area contributed by atoms with Crippen LogP contribution in [0, 0.1) is 6.92 Å².